The van der Waals surface area contributed by atoms with E-state index in [4.69, 9.17) is 44.1 Å². The van der Waals surface area contributed by atoms with Crippen molar-refractivity contribution in [2.75, 3.05) is 0 Å². The monoisotopic (exact) mass is 397 g/mol. The first-order chi connectivity index (χ1) is 11.1. The Labute approximate surface area is 149 Å². The number of furan rings is 1. The number of alkyl halides is 3. The number of hydrogen-bond acceptors (Lipinski definition) is 3. The van der Waals surface area contributed by atoms with E-state index in [1.165, 1.54) is 6.07 Å². The molecular formula is C15H9Cl3F3NO2. The topological polar surface area (TPSA) is 34.7 Å². The van der Waals surface area contributed by atoms with Crippen molar-refractivity contribution in [2.24, 2.45) is 5.16 Å². The predicted molar refractivity (Wildman–Crippen MR) is 84.9 cm³/mol. The van der Waals surface area contributed by atoms with Crippen LogP contribution >= 0.6 is 34.8 Å². The van der Waals surface area contributed by atoms with Gasteiger partial charge in [0, 0.05) is 5.56 Å². The molecule has 1 unspecified atom stereocenters. The van der Waals surface area contributed by atoms with E-state index in [0.717, 1.165) is 12.1 Å². The van der Waals surface area contributed by atoms with Crippen LogP contribution in [-0.4, -0.2) is 11.9 Å². The van der Waals surface area contributed by atoms with Crippen molar-refractivity contribution < 1.29 is 22.4 Å². The number of nitrogens with zero attached hydrogens (tertiary/aromatic N) is 1. The number of oxime groups is 1. The summed E-state index contributed by atoms with van der Waals surface area (Å²) in [6, 6.07) is 5.32. The van der Waals surface area contributed by atoms with Gasteiger partial charge in [0.1, 0.15) is 11.5 Å². The van der Waals surface area contributed by atoms with Crippen molar-refractivity contribution in [3.63, 3.8) is 0 Å². The van der Waals surface area contributed by atoms with Gasteiger partial charge in [-0.15, -0.1) is 0 Å². The SMILES string of the molecule is Cc1ccc(C2=NOC(c3cc(Cl)c(Cl)c(Cl)c3)(C(F)(F)F)C2)o1. The fourth-order valence-corrected chi connectivity index (χ4v) is 3.01. The molecule has 1 aliphatic heterocycles. The van der Waals surface area contributed by atoms with Crippen LogP contribution in [0.15, 0.2) is 33.8 Å². The average molecular weight is 399 g/mol. The van der Waals surface area contributed by atoms with E-state index < -0.39 is 18.2 Å². The Morgan fingerprint density at radius 2 is 1.75 bits per heavy atom. The van der Waals surface area contributed by atoms with E-state index in [1.54, 1.807) is 13.0 Å². The highest BCUT2D eigenvalue weighted by Crippen LogP contribution is 2.50. The van der Waals surface area contributed by atoms with Gasteiger partial charge in [-0.3, -0.25) is 0 Å². The molecule has 2 heterocycles. The van der Waals surface area contributed by atoms with Crippen LogP contribution in [0.5, 0.6) is 0 Å². The van der Waals surface area contributed by atoms with Crippen molar-refractivity contribution in [1.29, 1.82) is 0 Å². The molecule has 1 atom stereocenters. The van der Waals surface area contributed by atoms with E-state index in [2.05, 4.69) is 5.16 Å². The van der Waals surface area contributed by atoms with Gasteiger partial charge in [0.25, 0.3) is 5.60 Å². The molecule has 128 valence electrons. The Balaban J connectivity index is 2.07. The van der Waals surface area contributed by atoms with Crippen LogP contribution in [0.4, 0.5) is 13.2 Å². The number of benzene rings is 1. The summed E-state index contributed by atoms with van der Waals surface area (Å²) in [6.45, 7) is 1.68. The first-order valence-corrected chi connectivity index (χ1v) is 7.81. The summed E-state index contributed by atoms with van der Waals surface area (Å²) in [5, 5.41) is 3.35. The largest absolute Gasteiger partial charge is 0.460 e. The van der Waals surface area contributed by atoms with Gasteiger partial charge in [0.05, 0.1) is 21.5 Å². The summed E-state index contributed by atoms with van der Waals surface area (Å²) < 4.78 is 46.8. The van der Waals surface area contributed by atoms with Crippen molar-refractivity contribution in [3.8, 4) is 0 Å². The summed E-state index contributed by atoms with van der Waals surface area (Å²) in [5.74, 6) is 0.763. The van der Waals surface area contributed by atoms with Crippen LogP contribution in [0.2, 0.25) is 15.1 Å². The normalized spacial score (nSPS) is 20.9. The predicted octanol–water partition coefficient (Wildman–Crippen LogP) is 6.13. The second kappa shape index (κ2) is 5.86. The highest BCUT2D eigenvalue weighted by atomic mass is 35.5. The second-order valence-corrected chi connectivity index (χ2v) is 6.49. The molecule has 1 aromatic heterocycles. The van der Waals surface area contributed by atoms with E-state index >= 15 is 0 Å². The molecule has 0 amide bonds. The van der Waals surface area contributed by atoms with Crippen LogP contribution in [0.1, 0.15) is 23.5 Å². The third kappa shape index (κ3) is 2.76. The quantitative estimate of drug-likeness (QED) is 0.570. The molecule has 3 nitrogen and oxygen atoms in total. The number of hydrogen-bond donors (Lipinski definition) is 0. The van der Waals surface area contributed by atoms with Crippen LogP contribution < -0.4 is 0 Å². The van der Waals surface area contributed by atoms with Gasteiger partial charge in [-0.2, -0.15) is 13.2 Å². The van der Waals surface area contributed by atoms with Crippen LogP contribution in [0.3, 0.4) is 0 Å². The van der Waals surface area contributed by atoms with Crippen LogP contribution in [0, 0.1) is 6.92 Å². The smallest absolute Gasteiger partial charge is 0.435 e. The van der Waals surface area contributed by atoms with Gasteiger partial charge in [-0.05, 0) is 31.2 Å². The zero-order valence-electron chi connectivity index (χ0n) is 12.0. The van der Waals surface area contributed by atoms with Crippen molar-refractivity contribution in [1.82, 2.24) is 0 Å². The summed E-state index contributed by atoms with van der Waals surface area (Å²) in [6.07, 6.45) is -5.34. The summed E-state index contributed by atoms with van der Waals surface area (Å²) >= 11 is 17.6. The van der Waals surface area contributed by atoms with E-state index in [0.29, 0.717) is 5.76 Å². The zero-order chi connectivity index (χ0) is 17.7. The number of halogens is 6. The first-order valence-electron chi connectivity index (χ1n) is 6.67. The third-order valence-electron chi connectivity index (χ3n) is 3.66. The zero-order valence-corrected chi connectivity index (χ0v) is 14.3. The van der Waals surface area contributed by atoms with Crippen molar-refractivity contribution >= 4 is 40.5 Å². The van der Waals surface area contributed by atoms with E-state index in [-0.39, 0.29) is 32.1 Å². The van der Waals surface area contributed by atoms with E-state index in [9.17, 15) is 13.2 Å². The molecule has 3 rings (SSSR count). The minimum atomic E-state index is -4.76. The van der Waals surface area contributed by atoms with Gasteiger partial charge in [-0.25, -0.2) is 0 Å². The van der Waals surface area contributed by atoms with Gasteiger partial charge < -0.3 is 9.25 Å². The fraction of sp³-hybridized carbons (Fsp3) is 0.267. The molecule has 0 aliphatic carbocycles. The van der Waals surface area contributed by atoms with Gasteiger partial charge in [0.2, 0.25) is 0 Å². The number of rotatable bonds is 2. The summed E-state index contributed by atoms with van der Waals surface area (Å²) in [5.41, 5.74) is -2.94. The molecule has 0 saturated heterocycles. The minimum absolute atomic E-state index is 0.0276. The maximum atomic E-state index is 13.8. The highest BCUT2D eigenvalue weighted by Gasteiger charge is 2.62. The fourth-order valence-electron chi connectivity index (χ4n) is 2.41. The molecule has 24 heavy (non-hydrogen) atoms. The third-order valence-corrected chi connectivity index (χ3v) is 4.86. The maximum Gasteiger partial charge on any atom is 0.435 e. The Kier molecular flexibility index (Phi) is 4.26. The molecule has 9 heteroatoms. The number of aryl methyl sites for hydroxylation is 1. The Morgan fingerprint density at radius 3 is 2.25 bits per heavy atom. The van der Waals surface area contributed by atoms with E-state index in [1.807, 2.05) is 0 Å². The lowest BCUT2D eigenvalue weighted by molar-refractivity contribution is -0.275. The standard InChI is InChI=1S/C15H9Cl3F3NO2/c1-7-2-3-12(23-7)11-6-14(24-22-11,15(19,20)21)8-4-9(16)13(18)10(17)5-8/h2-5H,6H2,1H3. The molecular weight excluding hydrogens is 390 g/mol. The molecule has 0 N–H and O–H groups in total. The first kappa shape index (κ1) is 17.5. The molecule has 1 aliphatic rings. The lowest BCUT2D eigenvalue weighted by Crippen LogP contribution is -2.42. The van der Waals surface area contributed by atoms with Gasteiger partial charge in [-0.1, -0.05) is 40.0 Å². The molecule has 0 radical (unpaired) electrons. The van der Waals surface area contributed by atoms with Crippen LogP contribution in [0.25, 0.3) is 0 Å². The molecule has 2 aromatic rings. The lowest BCUT2D eigenvalue weighted by atomic mass is 9.87. The Hall–Kier alpha value is -1.37. The second-order valence-electron chi connectivity index (χ2n) is 5.29. The average Bonchev–Trinajstić information content (AvgIpc) is 3.10. The summed E-state index contributed by atoms with van der Waals surface area (Å²) in [4.78, 5) is 4.86. The van der Waals surface area contributed by atoms with Gasteiger partial charge in [0.15, 0.2) is 5.76 Å². The minimum Gasteiger partial charge on any atom is -0.460 e. The Morgan fingerprint density at radius 1 is 1.12 bits per heavy atom. The van der Waals surface area contributed by atoms with Gasteiger partial charge >= 0.3 is 6.18 Å². The maximum absolute atomic E-state index is 13.8. The summed E-state index contributed by atoms with van der Waals surface area (Å²) in [7, 11) is 0. The lowest BCUT2D eigenvalue weighted by Gasteiger charge is -2.29. The molecule has 0 bridgehead atoms. The molecule has 0 spiro atoms. The van der Waals surface area contributed by atoms with Crippen molar-refractivity contribution in [2.45, 2.75) is 25.1 Å². The Bertz CT molecular complexity index is 809. The molecule has 0 fully saturated rings. The van der Waals surface area contributed by atoms with Crippen molar-refractivity contribution in [3.05, 3.63) is 56.4 Å². The highest BCUT2D eigenvalue weighted by molar-refractivity contribution is 6.48. The van der Waals surface area contributed by atoms with Crippen LogP contribution in [-0.2, 0) is 10.4 Å². The molecule has 1 aromatic carbocycles. The molecule has 0 saturated carbocycles.